The van der Waals surface area contributed by atoms with Gasteiger partial charge in [0.25, 0.3) is 0 Å². The Kier molecular flexibility index (Phi) is 2.95. The van der Waals surface area contributed by atoms with Crippen LogP contribution in [0, 0.1) is 17.6 Å². The van der Waals surface area contributed by atoms with Crippen molar-refractivity contribution >= 4 is 11.0 Å². The molecule has 1 N–H and O–H groups in total. The van der Waals surface area contributed by atoms with E-state index in [-0.39, 0.29) is 0 Å². The standard InChI is InChI=1S/C12H14F2N4/c13-9-4-11-12(5-10(9)14)18(17-16-11)7-8-2-1-3-15-6-8/h4-5,8,15H,1-3,6-7H2. The average Bonchev–Trinajstić information content (AvgIpc) is 2.74. The van der Waals surface area contributed by atoms with E-state index < -0.39 is 11.6 Å². The molecule has 0 aliphatic carbocycles. The van der Waals surface area contributed by atoms with Gasteiger partial charge in [-0.2, -0.15) is 0 Å². The quantitative estimate of drug-likeness (QED) is 0.884. The van der Waals surface area contributed by atoms with E-state index in [1.54, 1.807) is 4.68 Å². The van der Waals surface area contributed by atoms with Crippen LogP contribution in [0.4, 0.5) is 8.78 Å². The highest BCUT2D eigenvalue weighted by Crippen LogP contribution is 2.19. The normalized spacial score (nSPS) is 20.4. The van der Waals surface area contributed by atoms with E-state index in [1.165, 1.54) is 6.07 Å². The van der Waals surface area contributed by atoms with Crippen LogP contribution in [-0.2, 0) is 6.54 Å². The fourth-order valence-electron chi connectivity index (χ4n) is 2.42. The molecule has 1 aliphatic rings. The summed E-state index contributed by atoms with van der Waals surface area (Å²) < 4.78 is 27.9. The zero-order valence-corrected chi connectivity index (χ0v) is 9.87. The van der Waals surface area contributed by atoms with Gasteiger partial charge in [0.05, 0.1) is 5.52 Å². The van der Waals surface area contributed by atoms with Crippen LogP contribution >= 0.6 is 0 Å². The minimum Gasteiger partial charge on any atom is -0.316 e. The summed E-state index contributed by atoms with van der Waals surface area (Å²) >= 11 is 0. The maximum absolute atomic E-state index is 13.2. The number of piperidine rings is 1. The fraction of sp³-hybridized carbons (Fsp3) is 0.500. The Morgan fingerprint density at radius 3 is 2.94 bits per heavy atom. The minimum atomic E-state index is -0.881. The lowest BCUT2D eigenvalue weighted by molar-refractivity contribution is 0.326. The first-order chi connectivity index (χ1) is 8.74. The maximum atomic E-state index is 13.2. The Labute approximate surface area is 103 Å². The van der Waals surface area contributed by atoms with Crippen LogP contribution in [0.2, 0.25) is 0 Å². The van der Waals surface area contributed by atoms with Gasteiger partial charge in [-0.15, -0.1) is 5.10 Å². The van der Waals surface area contributed by atoms with Gasteiger partial charge in [-0.1, -0.05) is 5.21 Å². The third kappa shape index (κ3) is 2.08. The van der Waals surface area contributed by atoms with Crippen LogP contribution in [0.1, 0.15) is 12.8 Å². The molecule has 0 spiro atoms. The SMILES string of the molecule is Fc1cc2nnn(CC3CCCNC3)c2cc1F. The van der Waals surface area contributed by atoms with Crippen molar-refractivity contribution in [3.8, 4) is 0 Å². The lowest BCUT2D eigenvalue weighted by atomic mass is 10.00. The first-order valence-electron chi connectivity index (χ1n) is 6.13. The summed E-state index contributed by atoms with van der Waals surface area (Å²) in [6.07, 6.45) is 2.26. The number of hydrogen-bond donors (Lipinski definition) is 1. The molecule has 96 valence electrons. The largest absolute Gasteiger partial charge is 0.316 e. The van der Waals surface area contributed by atoms with Crippen molar-refractivity contribution in [1.29, 1.82) is 0 Å². The van der Waals surface area contributed by atoms with Gasteiger partial charge in [0.2, 0.25) is 0 Å². The van der Waals surface area contributed by atoms with Gasteiger partial charge in [0, 0.05) is 18.7 Å². The number of hydrogen-bond acceptors (Lipinski definition) is 3. The Hall–Kier alpha value is -1.56. The van der Waals surface area contributed by atoms with Crippen LogP contribution in [0.15, 0.2) is 12.1 Å². The van der Waals surface area contributed by atoms with Gasteiger partial charge in [-0.05, 0) is 31.8 Å². The highest BCUT2D eigenvalue weighted by atomic mass is 19.2. The number of nitrogens with zero attached hydrogens (tertiary/aromatic N) is 3. The molecule has 4 nitrogen and oxygen atoms in total. The molecule has 0 amide bonds. The molecule has 2 aromatic rings. The number of fused-ring (bicyclic) bond motifs is 1. The Morgan fingerprint density at radius 2 is 2.17 bits per heavy atom. The molecular weight excluding hydrogens is 238 g/mol. The summed E-state index contributed by atoms with van der Waals surface area (Å²) in [6, 6.07) is 2.26. The Morgan fingerprint density at radius 1 is 1.33 bits per heavy atom. The topological polar surface area (TPSA) is 42.7 Å². The van der Waals surface area contributed by atoms with Crippen molar-refractivity contribution in [3.05, 3.63) is 23.8 Å². The molecule has 18 heavy (non-hydrogen) atoms. The molecule has 6 heteroatoms. The molecule has 0 saturated carbocycles. The zero-order valence-electron chi connectivity index (χ0n) is 9.87. The summed E-state index contributed by atoms with van der Waals surface area (Å²) in [4.78, 5) is 0. The Bertz CT molecular complexity index is 560. The first kappa shape index (κ1) is 11.5. The molecule has 2 heterocycles. The van der Waals surface area contributed by atoms with Gasteiger partial charge in [0.1, 0.15) is 5.52 Å². The fourth-order valence-corrected chi connectivity index (χ4v) is 2.42. The number of aromatic nitrogens is 3. The second kappa shape index (κ2) is 4.61. The van der Waals surface area contributed by atoms with E-state index in [0.717, 1.165) is 32.0 Å². The van der Waals surface area contributed by atoms with Crippen molar-refractivity contribution < 1.29 is 8.78 Å². The number of nitrogens with one attached hydrogen (secondary N) is 1. The molecule has 1 fully saturated rings. The van der Waals surface area contributed by atoms with Crippen molar-refractivity contribution in [3.63, 3.8) is 0 Å². The van der Waals surface area contributed by atoms with E-state index in [4.69, 9.17) is 0 Å². The van der Waals surface area contributed by atoms with Crippen LogP contribution in [0.25, 0.3) is 11.0 Å². The molecule has 1 unspecified atom stereocenters. The monoisotopic (exact) mass is 252 g/mol. The number of halogens is 2. The molecule has 0 bridgehead atoms. The molecule has 1 atom stereocenters. The second-order valence-electron chi connectivity index (χ2n) is 4.74. The van der Waals surface area contributed by atoms with Gasteiger partial charge >= 0.3 is 0 Å². The first-order valence-corrected chi connectivity index (χ1v) is 6.13. The summed E-state index contributed by atoms with van der Waals surface area (Å²) in [7, 11) is 0. The van der Waals surface area contributed by atoms with E-state index in [1.807, 2.05) is 0 Å². The van der Waals surface area contributed by atoms with Crippen LogP contribution in [0.3, 0.4) is 0 Å². The zero-order chi connectivity index (χ0) is 12.5. The maximum Gasteiger partial charge on any atom is 0.161 e. The van der Waals surface area contributed by atoms with E-state index in [0.29, 0.717) is 23.5 Å². The summed E-state index contributed by atoms with van der Waals surface area (Å²) in [5, 5.41) is 11.2. The highest BCUT2D eigenvalue weighted by Gasteiger charge is 2.16. The summed E-state index contributed by atoms with van der Waals surface area (Å²) in [5.74, 6) is -1.27. The van der Waals surface area contributed by atoms with E-state index in [9.17, 15) is 8.78 Å². The molecule has 1 aliphatic heterocycles. The molecular formula is C12H14F2N4. The van der Waals surface area contributed by atoms with E-state index in [2.05, 4.69) is 15.6 Å². The molecule has 0 radical (unpaired) electrons. The molecule has 1 aromatic carbocycles. The second-order valence-corrected chi connectivity index (χ2v) is 4.74. The van der Waals surface area contributed by atoms with E-state index >= 15 is 0 Å². The summed E-state index contributed by atoms with van der Waals surface area (Å²) in [6.45, 7) is 2.67. The van der Waals surface area contributed by atoms with Gasteiger partial charge in [-0.3, -0.25) is 0 Å². The van der Waals surface area contributed by atoms with Crippen molar-refractivity contribution in [1.82, 2.24) is 20.3 Å². The van der Waals surface area contributed by atoms with Gasteiger partial charge in [-0.25, -0.2) is 13.5 Å². The van der Waals surface area contributed by atoms with Crippen LogP contribution in [0.5, 0.6) is 0 Å². The molecule has 1 aromatic heterocycles. The van der Waals surface area contributed by atoms with Crippen LogP contribution < -0.4 is 5.32 Å². The molecule has 1 saturated heterocycles. The Balaban J connectivity index is 1.89. The summed E-state index contributed by atoms with van der Waals surface area (Å²) in [5.41, 5.74) is 0.956. The predicted octanol–water partition coefficient (Wildman–Crippen LogP) is 1.71. The third-order valence-electron chi connectivity index (χ3n) is 3.39. The third-order valence-corrected chi connectivity index (χ3v) is 3.39. The van der Waals surface area contributed by atoms with Crippen LogP contribution in [-0.4, -0.2) is 28.1 Å². The lowest BCUT2D eigenvalue weighted by Gasteiger charge is -2.22. The highest BCUT2D eigenvalue weighted by molar-refractivity contribution is 5.74. The van der Waals surface area contributed by atoms with Crippen molar-refractivity contribution in [2.24, 2.45) is 5.92 Å². The van der Waals surface area contributed by atoms with Gasteiger partial charge < -0.3 is 5.32 Å². The smallest absolute Gasteiger partial charge is 0.161 e. The lowest BCUT2D eigenvalue weighted by Crippen LogP contribution is -2.32. The van der Waals surface area contributed by atoms with Crippen molar-refractivity contribution in [2.75, 3.05) is 13.1 Å². The average molecular weight is 252 g/mol. The molecule has 3 rings (SSSR count). The minimum absolute atomic E-state index is 0.401. The van der Waals surface area contributed by atoms with Gasteiger partial charge in [0.15, 0.2) is 11.6 Å². The van der Waals surface area contributed by atoms with Crippen molar-refractivity contribution in [2.45, 2.75) is 19.4 Å². The number of benzene rings is 1. The predicted molar refractivity (Wildman–Crippen MR) is 63.0 cm³/mol. The number of rotatable bonds is 2.